The Morgan fingerprint density at radius 3 is 2.65 bits per heavy atom. The predicted molar refractivity (Wildman–Crippen MR) is 83.0 cm³/mol. The Morgan fingerprint density at radius 2 is 2.10 bits per heavy atom. The molecular formula is C16H27N3O. The van der Waals surface area contributed by atoms with Crippen molar-refractivity contribution in [3.05, 3.63) is 23.9 Å². The van der Waals surface area contributed by atoms with Crippen LogP contribution in [0.4, 0.5) is 5.82 Å². The largest absolute Gasteiger partial charge is 0.384 e. The minimum Gasteiger partial charge on any atom is -0.384 e. The van der Waals surface area contributed by atoms with E-state index in [4.69, 9.17) is 4.74 Å². The molecule has 20 heavy (non-hydrogen) atoms. The van der Waals surface area contributed by atoms with Gasteiger partial charge in [0.25, 0.3) is 0 Å². The Bertz CT molecular complexity index is 383. The van der Waals surface area contributed by atoms with Gasteiger partial charge in [0.2, 0.25) is 0 Å². The first-order chi connectivity index (χ1) is 9.69. The van der Waals surface area contributed by atoms with E-state index in [-0.39, 0.29) is 0 Å². The molecule has 1 aliphatic rings. The normalized spacial score (nSPS) is 16.9. The average molecular weight is 277 g/mol. The van der Waals surface area contributed by atoms with Gasteiger partial charge in [-0.3, -0.25) is 0 Å². The van der Waals surface area contributed by atoms with E-state index in [0.29, 0.717) is 12.0 Å². The molecule has 1 saturated heterocycles. The number of piperidine rings is 1. The average Bonchev–Trinajstić information content (AvgIpc) is 2.47. The van der Waals surface area contributed by atoms with Crippen molar-refractivity contribution in [2.75, 3.05) is 31.7 Å². The Morgan fingerprint density at radius 1 is 1.35 bits per heavy atom. The van der Waals surface area contributed by atoms with E-state index in [0.717, 1.165) is 32.1 Å². The van der Waals surface area contributed by atoms with Crippen molar-refractivity contribution < 1.29 is 4.74 Å². The van der Waals surface area contributed by atoms with Gasteiger partial charge in [-0.15, -0.1) is 0 Å². The predicted octanol–water partition coefficient (Wildman–Crippen LogP) is 2.44. The van der Waals surface area contributed by atoms with Crippen molar-refractivity contribution in [1.82, 2.24) is 10.3 Å². The number of hydrogen-bond acceptors (Lipinski definition) is 4. The van der Waals surface area contributed by atoms with Gasteiger partial charge in [-0.1, -0.05) is 19.9 Å². The first-order valence-electron chi connectivity index (χ1n) is 7.61. The Kier molecular flexibility index (Phi) is 5.80. The molecule has 2 heterocycles. The van der Waals surface area contributed by atoms with E-state index < -0.39 is 0 Å². The molecule has 0 aliphatic carbocycles. The molecule has 0 spiro atoms. The molecule has 0 aromatic carbocycles. The van der Waals surface area contributed by atoms with Gasteiger partial charge in [-0.2, -0.15) is 0 Å². The summed E-state index contributed by atoms with van der Waals surface area (Å²) in [5.74, 6) is 1.82. The van der Waals surface area contributed by atoms with Crippen molar-refractivity contribution in [2.24, 2.45) is 5.92 Å². The van der Waals surface area contributed by atoms with Gasteiger partial charge in [0.05, 0.1) is 0 Å². The molecule has 0 bridgehead atoms. The summed E-state index contributed by atoms with van der Waals surface area (Å²) in [6.07, 6.45) is 4.39. The van der Waals surface area contributed by atoms with Crippen LogP contribution in [0.3, 0.4) is 0 Å². The fourth-order valence-electron chi connectivity index (χ4n) is 2.59. The van der Waals surface area contributed by atoms with Crippen LogP contribution in [0.1, 0.15) is 32.3 Å². The molecule has 1 aromatic rings. The molecule has 0 amide bonds. The summed E-state index contributed by atoms with van der Waals surface area (Å²) in [6, 6.07) is 4.84. The topological polar surface area (TPSA) is 37.4 Å². The molecule has 4 heteroatoms. The zero-order chi connectivity index (χ0) is 14.4. The fourth-order valence-corrected chi connectivity index (χ4v) is 2.59. The standard InChI is InChI=1S/C16H27N3O/c1-13(2)17-10-15-4-5-16(18-11-15)19-8-6-14(7-9-19)12-20-3/h4-5,11,13-14,17H,6-10,12H2,1-3H3. The number of rotatable bonds is 6. The molecule has 1 N–H and O–H groups in total. The maximum absolute atomic E-state index is 5.24. The maximum Gasteiger partial charge on any atom is 0.128 e. The highest BCUT2D eigenvalue weighted by Crippen LogP contribution is 2.22. The minimum absolute atomic E-state index is 0.509. The lowest BCUT2D eigenvalue weighted by atomic mass is 9.98. The van der Waals surface area contributed by atoms with Crippen molar-refractivity contribution >= 4 is 5.82 Å². The van der Waals surface area contributed by atoms with Gasteiger partial charge in [0.15, 0.2) is 0 Å². The van der Waals surface area contributed by atoms with Crippen LogP contribution in [0, 0.1) is 5.92 Å². The second-order valence-electron chi connectivity index (χ2n) is 5.95. The number of hydrogen-bond donors (Lipinski definition) is 1. The Balaban J connectivity index is 1.84. The zero-order valence-corrected chi connectivity index (χ0v) is 12.9. The van der Waals surface area contributed by atoms with Gasteiger partial charge in [-0.25, -0.2) is 4.98 Å². The molecule has 1 fully saturated rings. The molecule has 0 saturated carbocycles. The fraction of sp³-hybridized carbons (Fsp3) is 0.688. The lowest BCUT2D eigenvalue weighted by Gasteiger charge is -2.32. The van der Waals surface area contributed by atoms with Crippen LogP contribution in [0.15, 0.2) is 18.3 Å². The van der Waals surface area contributed by atoms with Crippen molar-refractivity contribution in [3.8, 4) is 0 Å². The number of aromatic nitrogens is 1. The molecule has 4 nitrogen and oxygen atoms in total. The van der Waals surface area contributed by atoms with Gasteiger partial charge >= 0.3 is 0 Å². The monoisotopic (exact) mass is 277 g/mol. The maximum atomic E-state index is 5.24. The van der Waals surface area contributed by atoms with E-state index in [2.05, 4.69) is 41.2 Å². The molecule has 1 aliphatic heterocycles. The first kappa shape index (κ1) is 15.3. The second-order valence-corrected chi connectivity index (χ2v) is 5.95. The van der Waals surface area contributed by atoms with Crippen LogP contribution in [-0.2, 0) is 11.3 Å². The highest BCUT2D eigenvalue weighted by molar-refractivity contribution is 5.39. The SMILES string of the molecule is COCC1CCN(c2ccc(CNC(C)C)cn2)CC1. The van der Waals surface area contributed by atoms with Crippen LogP contribution < -0.4 is 10.2 Å². The summed E-state index contributed by atoms with van der Waals surface area (Å²) in [7, 11) is 1.79. The van der Waals surface area contributed by atoms with Crippen molar-refractivity contribution in [1.29, 1.82) is 0 Å². The lowest BCUT2D eigenvalue weighted by Crippen LogP contribution is -2.35. The van der Waals surface area contributed by atoms with Crippen LogP contribution in [-0.4, -0.2) is 37.8 Å². The van der Waals surface area contributed by atoms with Gasteiger partial charge < -0.3 is 15.0 Å². The molecule has 112 valence electrons. The molecule has 2 rings (SSSR count). The summed E-state index contributed by atoms with van der Waals surface area (Å²) in [5.41, 5.74) is 1.25. The Labute approximate surface area is 122 Å². The van der Waals surface area contributed by atoms with Crippen LogP contribution >= 0.6 is 0 Å². The van der Waals surface area contributed by atoms with E-state index >= 15 is 0 Å². The van der Waals surface area contributed by atoms with E-state index in [1.165, 1.54) is 18.4 Å². The third-order valence-electron chi connectivity index (χ3n) is 3.86. The number of pyridine rings is 1. The van der Waals surface area contributed by atoms with Crippen LogP contribution in [0.25, 0.3) is 0 Å². The summed E-state index contributed by atoms with van der Waals surface area (Å²) in [4.78, 5) is 6.99. The smallest absolute Gasteiger partial charge is 0.128 e. The molecule has 0 unspecified atom stereocenters. The number of nitrogens with zero attached hydrogens (tertiary/aromatic N) is 2. The zero-order valence-electron chi connectivity index (χ0n) is 12.9. The van der Waals surface area contributed by atoms with E-state index in [1.807, 2.05) is 6.20 Å². The minimum atomic E-state index is 0.509. The lowest BCUT2D eigenvalue weighted by molar-refractivity contribution is 0.139. The summed E-state index contributed by atoms with van der Waals surface area (Å²) < 4.78 is 5.24. The van der Waals surface area contributed by atoms with E-state index in [1.54, 1.807) is 7.11 Å². The third kappa shape index (κ3) is 4.46. The number of ether oxygens (including phenoxy) is 1. The number of methoxy groups -OCH3 is 1. The molecule has 1 aromatic heterocycles. The van der Waals surface area contributed by atoms with Gasteiger partial charge in [0, 0.05) is 45.6 Å². The Hall–Kier alpha value is -1.13. The number of nitrogens with one attached hydrogen (secondary N) is 1. The molecular weight excluding hydrogens is 250 g/mol. The summed E-state index contributed by atoms with van der Waals surface area (Å²) in [5, 5.41) is 3.41. The highest BCUT2D eigenvalue weighted by Gasteiger charge is 2.19. The van der Waals surface area contributed by atoms with E-state index in [9.17, 15) is 0 Å². The van der Waals surface area contributed by atoms with Gasteiger partial charge in [0.1, 0.15) is 5.82 Å². The van der Waals surface area contributed by atoms with Crippen LogP contribution in [0.2, 0.25) is 0 Å². The quantitative estimate of drug-likeness (QED) is 0.866. The van der Waals surface area contributed by atoms with Crippen molar-refractivity contribution in [2.45, 2.75) is 39.3 Å². The van der Waals surface area contributed by atoms with Gasteiger partial charge in [-0.05, 0) is 30.4 Å². The highest BCUT2D eigenvalue weighted by atomic mass is 16.5. The van der Waals surface area contributed by atoms with Crippen molar-refractivity contribution in [3.63, 3.8) is 0 Å². The molecule has 0 atom stereocenters. The first-order valence-corrected chi connectivity index (χ1v) is 7.61. The number of anilines is 1. The third-order valence-corrected chi connectivity index (χ3v) is 3.86. The van der Waals surface area contributed by atoms with Crippen LogP contribution in [0.5, 0.6) is 0 Å². The summed E-state index contributed by atoms with van der Waals surface area (Å²) >= 11 is 0. The second kappa shape index (κ2) is 7.60. The summed E-state index contributed by atoms with van der Waals surface area (Å²) in [6.45, 7) is 8.27. The molecule has 0 radical (unpaired) electrons.